The molecule has 0 amide bonds. The molecule has 80 valence electrons. The number of hydrogen-bond donors (Lipinski definition) is 2. The van der Waals surface area contributed by atoms with E-state index in [4.69, 9.17) is 5.11 Å². The van der Waals surface area contributed by atoms with Crippen LogP contribution in [0.5, 0.6) is 0 Å². The lowest BCUT2D eigenvalue weighted by molar-refractivity contribution is 0.291. The third-order valence-electron chi connectivity index (χ3n) is 2.22. The first-order chi connectivity index (χ1) is 7.31. The van der Waals surface area contributed by atoms with Crippen LogP contribution in [0.4, 0.5) is 0 Å². The van der Waals surface area contributed by atoms with Crippen LogP contribution < -0.4 is 5.32 Å². The third kappa shape index (κ3) is 2.14. The van der Waals surface area contributed by atoms with Gasteiger partial charge in [0, 0.05) is 26.3 Å². The highest BCUT2D eigenvalue weighted by atomic mass is 16.3. The van der Waals surface area contributed by atoms with Gasteiger partial charge in [-0.3, -0.25) is 4.98 Å². The normalized spacial score (nSPS) is 11.1. The summed E-state index contributed by atoms with van der Waals surface area (Å²) in [5.41, 5.74) is 2.68. The van der Waals surface area contributed by atoms with Gasteiger partial charge in [0.2, 0.25) is 0 Å². The molecule has 5 heteroatoms. The summed E-state index contributed by atoms with van der Waals surface area (Å²) in [6.45, 7) is 1.35. The van der Waals surface area contributed by atoms with Gasteiger partial charge in [-0.25, -0.2) is 4.98 Å². The predicted molar refractivity (Wildman–Crippen MR) is 57.3 cm³/mol. The van der Waals surface area contributed by atoms with Gasteiger partial charge in [-0.05, 0) is 6.07 Å². The van der Waals surface area contributed by atoms with E-state index in [0.717, 1.165) is 16.9 Å². The van der Waals surface area contributed by atoms with Gasteiger partial charge in [0.1, 0.15) is 5.52 Å². The van der Waals surface area contributed by atoms with Crippen molar-refractivity contribution in [3.63, 3.8) is 0 Å². The minimum atomic E-state index is 0.139. The first kappa shape index (κ1) is 10.1. The molecule has 0 aliphatic rings. The monoisotopic (exact) mass is 206 g/mol. The van der Waals surface area contributed by atoms with Crippen molar-refractivity contribution < 1.29 is 5.11 Å². The Morgan fingerprint density at radius 3 is 3.20 bits per heavy atom. The standard InChI is InChI=1S/C10H14N4O/c1-14-4-2-9-10(14)13-8(7-12-9)6-11-3-5-15/h2,4,7,11,15H,3,5-6H2,1H3. The SMILES string of the molecule is Cn1ccc2ncc(CNCCO)nc21. The molecule has 0 aliphatic heterocycles. The minimum Gasteiger partial charge on any atom is -0.395 e. The van der Waals surface area contributed by atoms with E-state index in [1.165, 1.54) is 0 Å². The van der Waals surface area contributed by atoms with Crippen molar-refractivity contribution in [3.8, 4) is 0 Å². The van der Waals surface area contributed by atoms with Gasteiger partial charge in [0.25, 0.3) is 0 Å². The molecule has 0 atom stereocenters. The zero-order chi connectivity index (χ0) is 10.7. The Morgan fingerprint density at radius 1 is 1.53 bits per heavy atom. The number of aliphatic hydroxyl groups is 1. The van der Waals surface area contributed by atoms with E-state index in [1.807, 2.05) is 23.9 Å². The number of rotatable bonds is 4. The second-order valence-electron chi connectivity index (χ2n) is 3.40. The molecular weight excluding hydrogens is 192 g/mol. The van der Waals surface area contributed by atoms with Crippen molar-refractivity contribution in [2.45, 2.75) is 6.54 Å². The summed E-state index contributed by atoms with van der Waals surface area (Å²) < 4.78 is 1.94. The van der Waals surface area contributed by atoms with Crippen molar-refractivity contribution in [1.29, 1.82) is 0 Å². The van der Waals surface area contributed by atoms with Crippen LogP contribution in [0.2, 0.25) is 0 Å². The Hall–Kier alpha value is -1.46. The number of aromatic nitrogens is 3. The molecule has 0 spiro atoms. The number of aryl methyl sites for hydroxylation is 1. The molecule has 15 heavy (non-hydrogen) atoms. The van der Waals surface area contributed by atoms with Gasteiger partial charge in [-0.2, -0.15) is 0 Å². The lowest BCUT2D eigenvalue weighted by atomic mass is 10.4. The van der Waals surface area contributed by atoms with Gasteiger partial charge < -0.3 is 15.0 Å². The highest BCUT2D eigenvalue weighted by molar-refractivity contribution is 5.70. The highest BCUT2D eigenvalue weighted by Crippen LogP contribution is 2.09. The van der Waals surface area contributed by atoms with Gasteiger partial charge >= 0.3 is 0 Å². The number of fused-ring (bicyclic) bond motifs is 1. The largest absolute Gasteiger partial charge is 0.395 e. The molecule has 0 unspecified atom stereocenters. The molecule has 2 aromatic rings. The van der Waals surface area contributed by atoms with E-state index in [0.29, 0.717) is 13.1 Å². The van der Waals surface area contributed by atoms with Crippen LogP contribution in [0.1, 0.15) is 5.69 Å². The van der Waals surface area contributed by atoms with Gasteiger partial charge in [0.05, 0.1) is 18.5 Å². The molecule has 0 radical (unpaired) electrons. The smallest absolute Gasteiger partial charge is 0.158 e. The zero-order valence-corrected chi connectivity index (χ0v) is 8.64. The Balaban J connectivity index is 2.18. The predicted octanol–water partition coefficient (Wildman–Crippen LogP) is 0.0502. The van der Waals surface area contributed by atoms with Crippen LogP contribution in [-0.2, 0) is 13.6 Å². The van der Waals surface area contributed by atoms with Crippen molar-refractivity contribution in [3.05, 3.63) is 24.2 Å². The Labute approximate surface area is 87.8 Å². The molecule has 0 saturated carbocycles. The molecule has 0 fully saturated rings. The van der Waals surface area contributed by atoms with E-state index in [-0.39, 0.29) is 6.61 Å². The summed E-state index contributed by atoms with van der Waals surface area (Å²) in [5.74, 6) is 0. The highest BCUT2D eigenvalue weighted by Gasteiger charge is 2.02. The fraction of sp³-hybridized carbons (Fsp3) is 0.400. The molecule has 0 bridgehead atoms. The summed E-state index contributed by atoms with van der Waals surface area (Å²) in [4.78, 5) is 8.76. The fourth-order valence-electron chi connectivity index (χ4n) is 1.43. The Bertz CT molecular complexity index is 452. The molecule has 0 aliphatic carbocycles. The minimum absolute atomic E-state index is 0.139. The van der Waals surface area contributed by atoms with Gasteiger partial charge in [-0.15, -0.1) is 0 Å². The lowest BCUT2D eigenvalue weighted by Gasteiger charge is -2.02. The average molecular weight is 206 g/mol. The molecule has 5 nitrogen and oxygen atoms in total. The maximum absolute atomic E-state index is 8.62. The molecular formula is C10H14N4O. The maximum atomic E-state index is 8.62. The van der Waals surface area contributed by atoms with E-state index in [2.05, 4.69) is 15.3 Å². The van der Waals surface area contributed by atoms with E-state index in [9.17, 15) is 0 Å². The van der Waals surface area contributed by atoms with Crippen LogP contribution in [0.15, 0.2) is 18.5 Å². The topological polar surface area (TPSA) is 63.0 Å². The molecule has 2 N–H and O–H groups in total. The van der Waals surface area contributed by atoms with Crippen molar-refractivity contribution in [2.75, 3.05) is 13.2 Å². The van der Waals surface area contributed by atoms with E-state index < -0.39 is 0 Å². The molecule has 2 rings (SSSR count). The van der Waals surface area contributed by atoms with Crippen LogP contribution in [0, 0.1) is 0 Å². The van der Waals surface area contributed by atoms with E-state index >= 15 is 0 Å². The molecule has 2 aromatic heterocycles. The van der Waals surface area contributed by atoms with Gasteiger partial charge in [-0.1, -0.05) is 0 Å². The van der Waals surface area contributed by atoms with Crippen LogP contribution in [0.3, 0.4) is 0 Å². The first-order valence-corrected chi connectivity index (χ1v) is 4.90. The first-order valence-electron chi connectivity index (χ1n) is 4.90. The number of aliphatic hydroxyl groups excluding tert-OH is 1. The third-order valence-corrected chi connectivity index (χ3v) is 2.22. The second kappa shape index (κ2) is 4.37. The van der Waals surface area contributed by atoms with E-state index in [1.54, 1.807) is 6.20 Å². The summed E-state index contributed by atoms with van der Waals surface area (Å²) >= 11 is 0. The zero-order valence-electron chi connectivity index (χ0n) is 8.64. The quantitative estimate of drug-likeness (QED) is 0.694. The lowest BCUT2D eigenvalue weighted by Crippen LogP contribution is -2.18. The van der Waals surface area contributed by atoms with Crippen LogP contribution >= 0.6 is 0 Å². The summed E-state index contributed by atoms with van der Waals surface area (Å²) in [6, 6.07) is 1.94. The second-order valence-corrected chi connectivity index (χ2v) is 3.40. The average Bonchev–Trinajstić information content (AvgIpc) is 2.61. The van der Waals surface area contributed by atoms with Crippen LogP contribution in [0.25, 0.3) is 11.2 Å². The summed E-state index contributed by atoms with van der Waals surface area (Å²) in [6.07, 6.45) is 3.70. The maximum Gasteiger partial charge on any atom is 0.158 e. The Kier molecular flexibility index (Phi) is 2.94. The van der Waals surface area contributed by atoms with Crippen LogP contribution in [-0.4, -0.2) is 32.8 Å². The van der Waals surface area contributed by atoms with Crippen molar-refractivity contribution in [1.82, 2.24) is 19.9 Å². The fourth-order valence-corrected chi connectivity index (χ4v) is 1.43. The summed E-state index contributed by atoms with van der Waals surface area (Å²) in [5, 5.41) is 11.7. The number of hydrogen-bond acceptors (Lipinski definition) is 4. The van der Waals surface area contributed by atoms with Crippen molar-refractivity contribution in [2.24, 2.45) is 7.05 Å². The molecule has 0 saturated heterocycles. The summed E-state index contributed by atoms with van der Waals surface area (Å²) in [7, 11) is 1.95. The molecule has 2 heterocycles. The van der Waals surface area contributed by atoms with Crippen molar-refractivity contribution >= 4 is 11.2 Å². The number of nitrogens with one attached hydrogen (secondary N) is 1. The number of nitrogens with zero attached hydrogens (tertiary/aromatic N) is 3. The molecule has 0 aromatic carbocycles. The van der Waals surface area contributed by atoms with Gasteiger partial charge in [0.15, 0.2) is 5.65 Å². The Morgan fingerprint density at radius 2 is 2.40 bits per heavy atom.